The highest BCUT2D eigenvalue weighted by Crippen LogP contribution is 2.31. The fourth-order valence-electron chi connectivity index (χ4n) is 1.79. The van der Waals surface area contributed by atoms with Crippen molar-refractivity contribution in [2.75, 3.05) is 6.61 Å². The summed E-state index contributed by atoms with van der Waals surface area (Å²) in [5.74, 6) is -5.20. The SMILES string of the molecule is CC(=O)OOC(=O)OOC(=O)C[C@@]1(O)O[C@H](CO)[C@H](O)[C@H](O)[C@H]1O. The number of ether oxygens (including phenoxy) is 1. The van der Waals surface area contributed by atoms with Gasteiger partial charge in [0.15, 0.2) is 0 Å². The molecule has 1 saturated heterocycles. The third-order valence-corrected chi connectivity index (χ3v) is 2.88. The van der Waals surface area contributed by atoms with E-state index < -0.39 is 61.3 Å². The topological polar surface area (TPSA) is 199 Å². The summed E-state index contributed by atoms with van der Waals surface area (Å²) in [7, 11) is 0. The van der Waals surface area contributed by atoms with Gasteiger partial charge in [-0.05, 0) is 0 Å². The molecule has 5 N–H and O–H groups in total. The second kappa shape index (κ2) is 8.18. The molecular weight excluding hydrogens is 340 g/mol. The van der Waals surface area contributed by atoms with E-state index in [1.165, 1.54) is 0 Å². The molecule has 0 radical (unpaired) electrons. The van der Waals surface area contributed by atoms with Crippen molar-refractivity contribution in [3.8, 4) is 0 Å². The zero-order valence-electron chi connectivity index (χ0n) is 12.2. The summed E-state index contributed by atoms with van der Waals surface area (Å²) in [6.45, 7) is 0.0709. The van der Waals surface area contributed by atoms with Gasteiger partial charge in [0, 0.05) is 6.92 Å². The summed E-state index contributed by atoms with van der Waals surface area (Å²) in [6.07, 6.45) is -10.2. The fraction of sp³-hybridized carbons (Fsp3) is 0.727. The largest absolute Gasteiger partial charge is 0.591 e. The van der Waals surface area contributed by atoms with Gasteiger partial charge in [-0.3, -0.25) is 0 Å². The van der Waals surface area contributed by atoms with E-state index in [1.54, 1.807) is 0 Å². The maximum atomic E-state index is 11.5. The summed E-state index contributed by atoms with van der Waals surface area (Å²) in [5.41, 5.74) is 0. The highest BCUT2D eigenvalue weighted by Gasteiger charge is 2.54. The van der Waals surface area contributed by atoms with Gasteiger partial charge in [0.25, 0.3) is 0 Å². The smallest absolute Gasteiger partial charge is 0.394 e. The molecule has 13 nitrogen and oxygen atoms in total. The van der Waals surface area contributed by atoms with Crippen LogP contribution in [0.5, 0.6) is 0 Å². The molecular formula is C11H16O13. The normalized spacial score (nSPS) is 32.6. The Morgan fingerprint density at radius 2 is 1.62 bits per heavy atom. The molecule has 5 atom stereocenters. The van der Waals surface area contributed by atoms with Gasteiger partial charge in [0.1, 0.15) is 30.8 Å². The van der Waals surface area contributed by atoms with Crippen molar-refractivity contribution in [2.45, 2.75) is 43.5 Å². The van der Waals surface area contributed by atoms with Crippen LogP contribution < -0.4 is 0 Å². The van der Waals surface area contributed by atoms with Crippen LogP contribution in [0.15, 0.2) is 0 Å². The average Bonchev–Trinajstić information content (AvgIpc) is 2.52. The Balaban J connectivity index is 2.57. The van der Waals surface area contributed by atoms with E-state index in [4.69, 9.17) is 9.84 Å². The van der Waals surface area contributed by atoms with E-state index in [2.05, 4.69) is 19.6 Å². The Morgan fingerprint density at radius 3 is 2.17 bits per heavy atom. The molecule has 0 saturated carbocycles. The minimum Gasteiger partial charge on any atom is -0.394 e. The van der Waals surface area contributed by atoms with Gasteiger partial charge in [-0.2, -0.15) is 4.79 Å². The highest BCUT2D eigenvalue weighted by atomic mass is 17.3. The molecule has 138 valence electrons. The van der Waals surface area contributed by atoms with E-state index >= 15 is 0 Å². The van der Waals surface area contributed by atoms with Crippen molar-refractivity contribution in [3.63, 3.8) is 0 Å². The molecule has 13 heteroatoms. The van der Waals surface area contributed by atoms with Gasteiger partial charge in [-0.25, -0.2) is 29.1 Å². The number of hydrogen-bond acceptors (Lipinski definition) is 13. The van der Waals surface area contributed by atoms with Crippen molar-refractivity contribution in [3.05, 3.63) is 0 Å². The van der Waals surface area contributed by atoms with Crippen LogP contribution in [0.4, 0.5) is 4.79 Å². The second-order valence-electron chi connectivity index (χ2n) is 4.73. The van der Waals surface area contributed by atoms with Gasteiger partial charge in [-0.15, -0.1) is 0 Å². The Bertz CT molecular complexity index is 477. The van der Waals surface area contributed by atoms with Crippen molar-refractivity contribution in [1.82, 2.24) is 0 Å². The minimum atomic E-state index is -2.74. The zero-order valence-corrected chi connectivity index (χ0v) is 12.2. The van der Waals surface area contributed by atoms with Crippen molar-refractivity contribution < 1.29 is 64.2 Å². The number of aliphatic hydroxyl groups is 5. The first-order valence-corrected chi connectivity index (χ1v) is 6.42. The Hall–Kier alpha value is -2.03. The molecule has 0 amide bonds. The molecule has 1 rings (SSSR count). The van der Waals surface area contributed by atoms with Crippen LogP contribution in [0, 0.1) is 0 Å². The molecule has 0 spiro atoms. The van der Waals surface area contributed by atoms with E-state index in [9.17, 15) is 34.8 Å². The van der Waals surface area contributed by atoms with E-state index in [0.717, 1.165) is 6.92 Å². The lowest BCUT2D eigenvalue weighted by Crippen LogP contribution is -2.65. The van der Waals surface area contributed by atoms with Crippen LogP contribution in [0.2, 0.25) is 0 Å². The van der Waals surface area contributed by atoms with Gasteiger partial charge < -0.3 is 30.3 Å². The average molecular weight is 356 g/mol. The maximum absolute atomic E-state index is 11.5. The van der Waals surface area contributed by atoms with Crippen LogP contribution in [-0.2, 0) is 33.9 Å². The zero-order chi connectivity index (χ0) is 18.5. The monoisotopic (exact) mass is 356 g/mol. The number of aliphatic hydroxyl groups excluding tert-OH is 4. The van der Waals surface area contributed by atoms with Crippen LogP contribution in [0.1, 0.15) is 13.3 Å². The van der Waals surface area contributed by atoms with Crippen molar-refractivity contribution in [1.29, 1.82) is 0 Å². The van der Waals surface area contributed by atoms with Gasteiger partial charge >= 0.3 is 18.1 Å². The van der Waals surface area contributed by atoms with E-state index in [0.29, 0.717) is 0 Å². The highest BCUT2D eigenvalue weighted by molar-refractivity contribution is 5.71. The van der Waals surface area contributed by atoms with E-state index in [-0.39, 0.29) is 0 Å². The molecule has 1 aliphatic rings. The van der Waals surface area contributed by atoms with Crippen LogP contribution >= 0.6 is 0 Å². The fourth-order valence-corrected chi connectivity index (χ4v) is 1.79. The predicted molar refractivity (Wildman–Crippen MR) is 65.0 cm³/mol. The number of carbonyl (C=O) groups excluding carboxylic acids is 3. The Kier molecular flexibility index (Phi) is 6.82. The van der Waals surface area contributed by atoms with Gasteiger partial charge in [0.2, 0.25) is 5.79 Å². The molecule has 0 aromatic rings. The molecule has 1 fully saturated rings. The maximum Gasteiger partial charge on any atom is 0.591 e. The van der Waals surface area contributed by atoms with Crippen LogP contribution in [-0.4, -0.2) is 80.4 Å². The lowest BCUT2D eigenvalue weighted by atomic mass is 9.91. The van der Waals surface area contributed by atoms with Crippen molar-refractivity contribution >= 4 is 18.1 Å². The third-order valence-electron chi connectivity index (χ3n) is 2.88. The second-order valence-corrected chi connectivity index (χ2v) is 4.73. The lowest BCUT2D eigenvalue weighted by Gasteiger charge is -2.44. The number of hydrogen-bond donors (Lipinski definition) is 5. The lowest BCUT2D eigenvalue weighted by molar-refractivity contribution is -0.353. The quantitative estimate of drug-likeness (QED) is 0.248. The summed E-state index contributed by atoms with van der Waals surface area (Å²) >= 11 is 0. The molecule has 0 aromatic heterocycles. The van der Waals surface area contributed by atoms with Gasteiger partial charge in [-0.1, -0.05) is 0 Å². The number of rotatable bonds is 3. The number of carbonyl (C=O) groups is 3. The Morgan fingerprint density at radius 1 is 1.04 bits per heavy atom. The predicted octanol–water partition coefficient (Wildman–Crippen LogP) is -3.37. The summed E-state index contributed by atoms with van der Waals surface area (Å²) < 4.78 is 4.78. The standard InChI is InChI=1S/C11H16O13/c1-4(13)21-23-10(18)24-22-6(14)2-11(19)9(17)8(16)7(15)5(3-12)20-11/h5,7-9,12,15-17,19H,2-3H2,1H3/t5-,7+,8+,9-,11-/m1/s1. The van der Waals surface area contributed by atoms with Gasteiger partial charge in [0.05, 0.1) is 6.61 Å². The molecule has 1 aliphatic heterocycles. The Labute approximate surface area is 133 Å². The molecule has 0 aliphatic carbocycles. The molecule has 1 heterocycles. The third kappa shape index (κ3) is 4.98. The molecule has 0 unspecified atom stereocenters. The first kappa shape index (κ1) is 20.0. The molecule has 0 bridgehead atoms. The van der Waals surface area contributed by atoms with Crippen molar-refractivity contribution in [2.24, 2.45) is 0 Å². The first-order valence-electron chi connectivity index (χ1n) is 6.42. The molecule has 24 heavy (non-hydrogen) atoms. The summed E-state index contributed by atoms with van der Waals surface area (Å²) in [5, 5.41) is 47.8. The van der Waals surface area contributed by atoms with Crippen LogP contribution in [0.3, 0.4) is 0 Å². The van der Waals surface area contributed by atoms with E-state index in [1.807, 2.05) is 0 Å². The van der Waals surface area contributed by atoms with Crippen LogP contribution in [0.25, 0.3) is 0 Å². The summed E-state index contributed by atoms with van der Waals surface area (Å²) in [4.78, 5) is 47.8. The first-order chi connectivity index (χ1) is 11.1. The molecule has 0 aromatic carbocycles. The summed E-state index contributed by atoms with van der Waals surface area (Å²) in [6, 6.07) is 0. The minimum absolute atomic E-state index is 0.840.